The van der Waals surface area contributed by atoms with Crippen LogP contribution in [0.5, 0.6) is 0 Å². The Morgan fingerprint density at radius 1 is 1.10 bits per heavy atom. The van der Waals surface area contributed by atoms with Crippen LogP contribution in [0.1, 0.15) is 35.7 Å². The molecule has 1 aromatic carbocycles. The first kappa shape index (κ1) is 19.0. The standard InChI is InChI=1S/C22H27N7O/c1-15-4-3-5-16(2)19(15)24-18(30)14-27-10-12-28(13-11-27)21-22-26-25-20(17-6-7-17)29(22)9-8-23-21/h3-5,8-9,17H,6-7,10-14H2,1-2H3,(H,24,30). The summed E-state index contributed by atoms with van der Waals surface area (Å²) in [7, 11) is 0. The lowest BCUT2D eigenvalue weighted by Gasteiger charge is -2.34. The zero-order valence-electron chi connectivity index (χ0n) is 17.5. The lowest BCUT2D eigenvalue weighted by Crippen LogP contribution is -2.49. The number of para-hydroxylation sites is 1. The van der Waals surface area contributed by atoms with E-state index >= 15 is 0 Å². The van der Waals surface area contributed by atoms with Crippen LogP contribution >= 0.6 is 0 Å². The van der Waals surface area contributed by atoms with Crippen LogP contribution in [-0.4, -0.2) is 63.1 Å². The third-order valence-corrected chi connectivity index (χ3v) is 6.06. The van der Waals surface area contributed by atoms with Gasteiger partial charge in [0.25, 0.3) is 0 Å². The van der Waals surface area contributed by atoms with Gasteiger partial charge in [0.1, 0.15) is 5.82 Å². The van der Waals surface area contributed by atoms with Crippen LogP contribution in [0, 0.1) is 13.8 Å². The highest BCUT2D eigenvalue weighted by molar-refractivity contribution is 5.93. The molecule has 0 atom stereocenters. The van der Waals surface area contributed by atoms with Crippen molar-refractivity contribution < 1.29 is 4.79 Å². The van der Waals surface area contributed by atoms with E-state index in [0.717, 1.165) is 60.3 Å². The number of anilines is 2. The summed E-state index contributed by atoms with van der Waals surface area (Å²) in [5.74, 6) is 2.52. The second kappa shape index (κ2) is 7.68. The van der Waals surface area contributed by atoms with Crippen LogP contribution in [0.2, 0.25) is 0 Å². The van der Waals surface area contributed by atoms with E-state index < -0.39 is 0 Å². The first-order valence-corrected chi connectivity index (χ1v) is 10.6. The number of amides is 1. The predicted octanol–water partition coefficient (Wildman–Crippen LogP) is 2.38. The van der Waals surface area contributed by atoms with Crippen molar-refractivity contribution >= 4 is 23.1 Å². The number of fused-ring (bicyclic) bond motifs is 1. The van der Waals surface area contributed by atoms with Crippen LogP contribution < -0.4 is 10.2 Å². The molecule has 2 fully saturated rings. The average Bonchev–Trinajstić information content (AvgIpc) is 3.49. The maximum Gasteiger partial charge on any atom is 0.238 e. The highest BCUT2D eigenvalue weighted by atomic mass is 16.2. The molecule has 8 nitrogen and oxygen atoms in total. The largest absolute Gasteiger partial charge is 0.351 e. The molecule has 0 unspecified atom stereocenters. The molecule has 1 aliphatic heterocycles. The second-order valence-corrected chi connectivity index (χ2v) is 8.36. The number of hydrogen-bond donors (Lipinski definition) is 1. The lowest BCUT2D eigenvalue weighted by molar-refractivity contribution is -0.117. The van der Waals surface area contributed by atoms with E-state index in [4.69, 9.17) is 0 Å². The van der Waals surface area contributed by atoms with Gasteiger partial charge < -0.3 is 10.2 Å². The molecule has 2 aromatic heterocycles. The fourth-order valence-corrected chi connectivity index (χ4v) is 4.19. The number of aryl methyl sites for hydroxylation is 2. The smallest absolute Gasteiger partial charge is 0.238 e. The Hall–Kier alpha value is -3.00. The van der Waals surface area contributed by atoms with Gasteiger partial charge in [-0.1, -0.05) is 18.2 Å². The molecule has 3 aromatic rings. The predicted molar refractivity (Wildman–Crippen MR) is 116 cm³/mol. The molecule has 1 amide bonds. The Kier molecular flexibility index (Phi) is 4.86. The molecule has 0 spiro atoms. The van der Waals surface area contributed by atoms with Crippen molar-refractivity contribution in [2.24, 2.45) is 0 Å². The second-order valence-electron chi connectivity index (χ2n) is 8.36. The number of carbonyl (C=O) groups is 1. The van der Waals surface area contributed by atoms with Gasteiger partial charge in [0.15, 0.2) is 5.82 Å². The van der Waals surface area contributed by atoms with Gasteiger partial charge in [-0.05, 0) is 37.8 Å². The SMILES string of the molecule is Cc1cccc(C)c1NC(=O)CN1CCN(c2nccn3c(C4CC4)nnc23)CC1. The molecular formula is C22H27N7O. The Morgan fingerprint density at radius 3 is 2.53 bits per heavy atom. The normalized spacial score (nSPS) is 17.5. The highest BCUT2D eigenvalue weighted by Crippen LogP contribution is 2.39. The molecule has 2 aliphatic rings. The number of benzene rings is 1. The van der Waals surface area contributed by atoms with E-state index in [1.807, 2.05) is 44.4 Å². The number of rotatable bonds is 5. The molecular weight excluding hydrogens is 378 g/mol. The Morgan fingerprint density at radius 2 is 1.83 bits per heavy atom. The summed E-state index contributed by atoms with van der Waals surface area (Å²) in [5.41, 5.74) is 3.94. The summed E-state index contributed by atoms with van der Waals surface area (Å²) in [5, 5.41) is 11.9. The van der Waals surface area contributed by atoms with Crippen LogP contribution in [0.4, 0.5) is 11.5 Å². The topological polar surface area (TPSA) is 78.7 Å². The maximum atomic E-state index is 12.6. The summed E-state index contributed by atoms with van der Waals surface area (Å²) in [6.45, 7) is 7.70. The minimum atomic E-state index is 0.0348. The molecule has 1 saturated carbocycles. The van der Waals surface area contributed by atoms with Gasteiger partial charge >= 0.3 is 0 Å². The fourth-order valence-electron chi connectivity index (χ4n) is 4.19. The van der Waals surface area contributed by atoms with Crippen LogP contribution in [0.15, 0.2) is 30.6 Å². The quantitative estimate of drug-likeness (QED) is 0.702. The summed E-state index contributed by atoms with van der Waals surface area (Å²) in [6.07, 6.45) is 6.19. The molecule has 0 bridgehead atoms. The van der Waals surface area contributed by atoms with Crippen molar-refractivity contribution in [3.63, 3.8) is 0 Å². The number of carbonyl (C=O) groups excluding carboxylic acids is 1. The third-order valence-electron chi connectivity index (χ3n) is 6.06. The van der Waals surface area contributed by atoms with E-state index in [1.165, 1.54) is 12.8 Å². The fraction of sp³-hybridized carbons (Fsp3) is 0.455. The lowest BCUT2D eigenvalue weighted by atomic mass is 10.1. The van der Waals surface area contributed by atoms with Gasteiger partial charge in [-0.15, -0.1) is 10.2 Å². The number of aromatic nitrogens is 4. The first-order valence-electron chi connectivity index (χ1n) is 10.6. The van der Waals surface area contributed by atoms with E-state index in [2.05, 4.69) is 34.7 Å². The van der Waals surface area contributed by atoms with Gasteiger partial charge in [-0.2, -0.15) is 0 Å². The summed E-state index contributed by atoms with van der Waals surface area (Å²) < 4.78 is 2.09. The van der Waals surface area contributed by atoms with Gasteiger partial charge in [0.05, 0.1) is 6.54 Å². The summed E-state index contributed by atoms with van der Waals surface area (Å²) in [6, 6.07) is 6.05. The molecule has 1 saturated heterocycles. The molecule has 1 N–H and O–H groups in total. The minimum absolute atomic E-state index is 0.0348. The molecule has 8 heteroatoms. The van der Waals surface area contributed by atoms with Crippen molar-refractivity contribution in [2.75, 3.05) is 42.9 Å². The van der Waals surface area contributed by atoms with Crippen molar-refractivity contribution in [2.45, 2.75) is 32.6 Å². The third kappa shape index (κ3) is 3.63. The van der Waals surface area contributed by atoms with Crippen molar-refractivity contribution in [1.82, 2.24) is 24.5 Å². The van der Waals surface area contributed by atoms with Crippen LogP contribution in [0.25, 0.3) is 5.65 Å². The highest BCUT2D eigenvalue weighted by Gasteiger charge is 2.30. The Labute approximate surface area is 175 Å². The van der Waals surface area contributed by atoms with Gasteiger partial charge in [0.2, 0.25) is 11.6 Å². The summed E-state index contributed by atoms with van der Waals surface area (Å²) in [4.78, 5) is 21.6. The van der Waals surface area contributed by atoms with E-state index in [9.17, 15) is 4.79 Å². The summed E-state index contributed by atoms with van der Waals surface area (Å²) >= 11 is 0. The molecule has 30 heavy (non-hydrogen) atoms. The average molecular weight is 406 g/mol. The zero-order chi connectivity index (χ0) is 20.7. The maximum absolute atomic E-state index is 12.6. The first-order chi connectivity index (χ1) is 14.6. The molecule has 5 rings (SSSR count). The molecule has 3 heterocycles. The van der Waals surface area contributed by atoms with Crippen LogP contribution in [-0.2, 0) is 4.79 Å². The van der Waals surface area contributed by atoms with Crippen molar-refractivity contribution in [3.8, 4) is 0 Å². The zero-order valence-corrected chi connectivity index (χ0v) is 17.5. The van der Waals surface area contributed by atoms with Crippen molar-refractivity contribution in [3.05, 3.63) is 47.5 Å². The van der Waals surface area contributed by atoms with Gasteiger partial charge in [-0.3, -0.25) is 14.1 Å². The molecule has 0 radical (unpaired) electrons. The Balaban J connectivity index is 1.22. The number of nitrogens with one attached hydrogen (secondary N) is 1. The van der Waals surface area contributed by atoms with E-state index in [0.29, 0.717) is 12.5 Å². The van der Waals surface area contributed by atoms with Gasteiger partial charge in [-0.25, -0.2) is 4.98 Å². The van der Waals surface area contributed by atoms with E-state index in [-0.39, 0.29) is 5.91 Å². The monoisotopic (exact) mass is 405 g/mol. The number of nitrogens with zero attached hydrogens (tertiary/aromatic N) is 6. The number of piperazine rings is 1. The van der Waals surface area contributed by atoms with Gasteiger partial charge in [0, 0.05) is 50.2 Å². The molecule has 1 aliphatic carbocycles. The van der Waals surface area contributed by atoms with E-state index in [1.54, 1.807) is 0 Å². The van der Waals surface area contributed by atoms with Crippen molar-refractivity contribution in [1.29, 1.82) is 0 Å². The molecule has 156 valence electrons. The van der Waals surface area contributed by atoms with Crippen LogP contribution in [0.3, 0.4) is 0 Å². The Bertz CT molecular complexity index is 1060. The minimum Gasteiger partial charge on any atom is -0.351 e. The number of hydrogen-bond acceptors (Lipinski definition) is 6.